The van der Waals surface area contributed by atoms with E-state index in [4.69, 9.17) is 4.74 Å². The molecule has 0 aliphatic rings. The molecule has 0 saturated heterocycles. The van der Waals surface area contributed by atoms with E-state index < -0.39 is 6.10 Å². The van der Waals surface area contributed by atoms with Gasteiger partial charge in [-0.3, -0.25) is 4.79 Å². The van der Waals surface area contributed by atoms with Gasteiger partial charge in [-0.05, 0) is 23.5 Å². The van der Waals surface area contributed by atoms with Gasteiger partial charge >= 0.3 is 0 Å². The van der Waals surface area contributed by atoms with Crippen LogP contribution in [0.2, 0.25) is 0 Å². The summed E-state index contributed by atoms with van der Waals surface area (Å²) in [6, 6.07) is 7.67. The number of para-hydroxylation sites is 1. The van der Waals surface area contributed by atoms with Crippen LogP contribution in [0.4, 0.5) is 0 Å². The Balaban J connectivity index is 2.40. The highest BCUT2D eigenvalue weighted by atomic mass is 16.5. The minimum absolute atomic E-state index is 0.0339. The minimum Gasteiger partial charge on any atom is -0.483 e. The number of ether oxygens (including phenoxy) is 1. The van der Waals surface area contributed by atoms with Crippen LogP contribution in [-0.2, 0) is 11.2 Å². The number of aliphatic hydroxyl groups excluding tert-OH is 1. The fourth-order valence-corrected chi connectivity index (χ4v) is 1.65. The number of hydrogen-bond donors (Lipinski definition) is 2. The fraction of sp³-hybridized carbons (Fsp3) is 0.562. The van der Waals surface area contributed by atoms with Crippen LogP contribution in [0.1, 0.15) is 33.3 Å². The van der Waals surface area contributed by atoms with Crippen molar-refractivity contribution in [3.63, 3.8) is 0 Å². The Kier molecular flexibility index (Phi) is 6.02. The molecule has 1 aromatic carbocycles. The van der Waals surface area contributed by atoms with Crippen LogP contribution in [0.15, 0.2) is 24.3 Å². The van der Waals surface area contributed by atoms with E-state index in [1.54, 1.807) is 0 Å². The first-order valence-electron chi connectivity index (χ1n) is 7.00. The molecule has 1 rings (SSSR count). The van der Waals surface area contributed by atoms with E-state index in [9.17, 15) is 9.90 Å². The predicted octanol–water partition coefficient (Wildman–Crippen LogP) is 2.15. The van der Waals surface area contributed by atoms with Gasteiger partial charge in [0.1, 0.15) is 5.75 Å². The quantitative estimate of drug-likeness (QED) is 0.839. The van der Waals surface area contributed by atoms with Gasteiger partial charge < -0.3 is 15.2 Å². The molecule has 0 spiro atoms. The molecule has 0 saturated carbocycles. The first-order valence-corrected chi connectivity index (χ1v) is 7.00. The van der Waals surface area contributed by atoms with Crippen molar-refractivity contribution in [1.29, 1.82) is 0 Å². The largest absolute Gasteiger partial charge is 0.483 e. The first kappa shape index (κ1) is 16.5. The monoisotopic (exact) mass is 279 g/mol. The van der Waals surface area contributed by atoms with Crippen molar-refractivity contribution in [2.75, 3.05) is 13.2 Å². The Bertz CT molecular complexity index is 438. The standard InChI is InChI=1S/C16H25NO3/c1-5-12-8-6-7-9-13(12)20-11-15(19)17-10-14(18)16(2,3)4/h6-9,14,18H,5,10-11H2,1-4H3,(H,17,19). The number of carbonyl (C=O) groups excluding carboxylic acids is 1. The van der Waals surface area contributed by atoms with Crippen molar-refractivity contribution in [1.82, 2.24) is 5.32 Å². The molecule has 0 bridgehead atoms. The number of amides is 1. The SMILES string of the molecule is CCc1ccccc1OCC(=O)NCC(O)C(C)(C)C. The number of nitrogens with one attached hydrogen (secondary N) is 1. The Hall–Kier alpha value is -1.55. The summed E-state index contributed by atoms with van der Waals surface area (Å²) >= 11 is 0. The summed E-state index contributed by atoms with van der Waals surface area (Å²) < 4.78 is 5.51. The maximum absolute atomic E-state index is 11.7. The molecule has 1 amide bonds. The lowest BCUT2D eigenvalue weighted by Gasteiger charge is -2.25. The second-order valence-electron chi connectivity index (χ2n) is 5.94. The summed E-state index contributed by atoms with van der Waals surface area (Å²) in [5.41, 5.74) is 0.832. The average molecular weight is 279 g/mol. The van der Waals surface area contributed by atoms with Crippen molar-refractivity contribution in [3.8, 4) is 5.75 Å². The van der Waals surface area contributed by atoms with E-state index in [-0.39, 0.29) is 24.5 Å². The molecule has 0 radical (unpaired) electrons. The molecule has 4 nitrogen and oxygen atoms in total. The van der Waals surface area contributed by atoms with Crippen LogP contribution < -0.4 is 10.1 Å². The maximum Gasteiger partial charge on any atom is 0.258 e. The lowest BCUT2D eigenvalue weighted by atomic mass is 9.89. The van der Waals surface area contributed by atoms with Crippen LogP contribution in [-0.4, -0.2) is 30.3 Å². The maximum atomic E-state index is 11.7. The van der Waals surface area contributed by atoms with Crippen molar-refractivity contribution in [2.24, 2.45) is 5.41 Å². The lowest BCUT2D eigenvalue weighted by Crippen LogP contribution is -2.40. The summed E-state index contributed by atoms with van der Waals surface area (Å²) in [7, 11) is 0. The molecular weight excluding hydrogens is 254 g/mol. The third-order valence-corrected chi connectivity index (χ3v) is 3.20. The van der Waals surface area contributed by atoms with Crippen LogP contribution in [0, 0.1) is 5.41 Å². The molecule has 2 N–H and O–H groups in total. The Labute approximate surface area is 121 Å². The highest BCUT2D eigenvalue weighted by Crippen LogP contribution is 2.19. The van der Waals surface area contributed by atoms with Gasteiger partial charge in [-0.25, -0.2) is 0 Å². The zero-order chi connectivity index (χ0) is 15.2. The van der Waals surface area contributed by atoms with E-state index in [2.05, 4.69) is 5.32 Å². The second-order valence-corrected chi connectivity index (χ2v) is 5.94. The van der Waals surface area contributed by atoms with Gasteiger partial charge in [-0.1, -0.05) is 45.9 Å². The molecule has 20 heavy (non-hydrogen) atoms. The van der Waals surface area contributed by atoms with E-state index in [1.807, 2.05) is 52.0 Å². The normalized spacial score (nSPS) is 12.8. The van der Waals surface area contributed by atoms with Crippen LogP contribution in [0.5, 0.6) is 5.75 Å². The van der Waals surface area contributed by atoms with Gasteiger partial charge in [0.05, 0.1) is 6.10 Å². The molecular formula is C16H25NO3. The summed E-state index contributed by atoms with van der Waals surface area (Å²) in [5.74, 6) is 0.515. The van der Waals surface area contributed by atoms with Gasteiger partial charge in [0.2, 0.25) is 0 Å². The summed E-state index contributed by atoms with van der Waals surface area (Å²) in [4.78, 5) is 11.7. The topological polar surface area (TPSA) is 58.6 Å². The molecule has 0 aliphatic carbocycles. The Morgan fingerprint density at radius 2 is 2.00 bits per heavy atom. The summed E-state index contributed by atoms with van der Waals surface area (Å²) in [6.07, 6.45) is 0.287. The number of aliphatic hydroxyl groups is 1. The predicted molar refractivity (Wildman–Crippen MR) is 79.8 cm³/mol. The number of rotatable bonds is 6. The molecule has 112 valence electrons. The van der Waals surface area contributed by atoms with Crippen molar-refractivity contribution in [3.05, 3.63) is 29.8 Å². The third-order valence-electron chi connectivity index (χ3n) is 3.20. The molecule has 0 heterocycles. The summed E-state index contributed by atoms with van der Waals surface area (Å²) in [5, 5.41) is 12.5. The molecule has 1 aromatic rings. The number of benzene rings is 1. The average Bonchev–Trinajstić information content (AvgIpc) is 2.41. The van der Waals surface area contributed by atoms with Gasteiger partial charge in [0.25, 0.3) is 5.91 Å². The van der Waals surface area contributed by atoms with Gasteiger partial charge in [0.15, 0.2) is 6.61 Å². The van der Waals surface area contributed by atoms with Crippen molar-refractivity contribution >= 4 is 5.91 Å². The van der Waals surface area contributed by atoms with Crippen LogP contribution >= 0.6 is 0 Å². The van der Waals surface area contributed by atoms with E-state index in [0.29, 0.717) is 0 Å². The van der Waals surface area contributed by atoms with E-state index in [0.717, 1.165) is 17.7 Å². The Morgan fingerprint density at radius 1 is 1.35 bits per heavy atom. The van der Waals surface area contributed by atoms with Crippen molar-refractivity contribution < 1.29 is 14.6 Å². The second kappa shape index (κ2) is 7.29. The van der Waals surface area contributed by atoms with Crippen LogP contribution in [0.3, 0.4) is 0 Å². The van der Waals surface area contributed by atoms with E-state index >= 15 is 0 Å². The molecule has 1 unspecified atom stereocenters. The molecule has 0 aromatic heterocycles. The zero-order valence-corrected chi connectivity index (χ0v) is 12.8. The van der Waals surface area contributed by atoms with E-state index in [1.165, 1.54) is 0 Å². The van der Waals surface area contributed by atoms with Gasteiger partial charge in [-0.2, -0.15) is 0 Å². The highest BCUT2D eigenvalue weighted by Gasteiger charge is 2.22. The number of hydrogen-bond acceptors (Lipinski definition) is 3. The van der Waals surface area contributed by atoms with Gasteiger partial charge in [0, 0.05) is 6.54 Å². The summed E-state index contributed by atoms with van der Waals surface area (Å²) in [6.45, 7) is 8.03. The smallest absolute Gasteiger partial charge is 0.258 e. The Morgan fingerprint density at radius 3 is 2.60 bits per heavy atom. The molecule has 0 fully saturated rings. The first-order chi connectivity index (χ1) is 9.34. The van der Waals surface area contributed by atoms with Gasteiger partial charge in [-0.15, -0.1) is 0 Å². The minimum atomic E-state index is -0.575. The zero-order valence-electron chi connectivity index (χ0n) is 12.8. The fourth-order valence-electron chi connectivity index (χ4n) is 1.65. The highest BCUT2D eigenvalue weighted by molar-refractivity contribution is 5.77. The number of carbonyl (C=O) groups is 1. The lowest BCUT2D eigenvalue weighted by molar-refractivity contribution is -0.123. The van der Waals surface area contributed by atoms with Crippen LogP contribution in [0.25, 0.3) is 0 Å². The molecule has 1 atom stereocenters. The third kappa shape index (κ3) is 5.21. The number of aryl methyl sites for hydroxylation is 1. The molecule has 0 aliphatic heterocycles. The molecule has 4 heteroatoms. The van der Waals surface area contributed by atoms with Crippen molar-refractivity contribution in [2.45, 2.75) is 40.2 Å².